The van der Waals surface area contributed by atoms with Gasteiger partial charge in [0.25, 0.3) is 0 Å². The molecule has 2 N–H and O–H groups in total. The van der Waals surface area contributed by atoms with Gasteiger partial charge in [0.2, 0.25) is 10.0 Å². The van der Waals surface area contributed by atoms with Gasteiger partial charge < -0.3 is 10.1 Å². The number of H-pyrrole nitrogens is 1. The van der Waals surface area contributed by atoms with Crippen LogP contribution in [0.15, 0.2) is 47.4 Å². The Morgan fingerprint density at radius 2 is 1.83 bits per heavy atom. The van der Waals surface area contributed by atoms with Gasteiger partial charge in [-0.3, -0.25) is 0 Å². The van der Waals surface area contributed by atoms with Crippen molar-refractivity contribution in [3.8, 4) is 0 Å². The molecule has 1 heterocycles. The van der Waals surface area contributed by atoms with Crippen molar-refractivity contribution in [3.63, 3.8) is 0 Å². The van der Waals surface area contributed by atoms with E-state index in [-0.39, 0.29) is 10.5 Å². The third-order valence-electron chi connectivity index (χ3n) is 4.47. The Labute approximate surface area is 173 Å². The Morgan fingerprint density at radius 1 is 1.17 bits per heavy atom. The van der Waals surface area contributed by atoms with E-state index in [9.17, 15) is 13.2 Å². The van der Waals surface area contributed by atoms with Crippen molar-refractivity contribution in [2.24, 2.45) is 0 Å². The molecule has 2 aromatic carbocycles. The van der Waals surface area contributed by atoms with Crippen molar-refractivity contribution in [1.82, 2.24) is 14.3 Å². The van der Waals surface area contributed by atoms with Crippen LogP contribution in [0, 0.1) is 0 Å². The molecule has 152 valence electrons. The molecule has 0 aliphatic rings. The van der Waals surface area contributed by atoms with Crippen molar-refractivity contribution in [2.75, 3.05) is 13.1 Å². The normalized spacial score (nSPS) is 12.6. The van der Waals surface area contributed by atoms with Gasteiger partial charge in [0.15, 0.2) is 0 Å². The van der Waals surface area contributed by atoms with E-state index in [1.807, 2.05) is 0 Å². The molecule has 0 spiro atoms. The standard InChI is InChI=1S/C20H20ClN3O4S/c1-3-24(4-2)29(27,28)15-9-10-17-18(12-15)23-19(22-17)16(21)11-13-5-7-14(8-6-13)20(25)26/h5-12H,3-4H2,1-2H3,(H,22,23)(H,25,26)/b16-11-. The number of fused-ring (bicyclic) bond motifs is 1. The number of nitrogens with one attached hydrogen (secondary N) is 1. The van der Waals surface area contributed by atoms with E-state index in [1.54, 1.807) is 44.2 Å². The molecule has 3 rings (SSSR count). The van der Waals surface area contributed by atoms with Gasteiger partial charge in [-0.1, -0.05) is 37.6 Å². The molecule has 0 unspecified atom stereocenters. The maximum atomic E-state index is 12.7. The molecule has 7 nitrogen and oxygen atoms in total. The summed E-state index contributed by atoms with van der Waals surface area (Å²) in [6.07, 6.45) is 1.65. The fourth-order valence-corrected chi connectivity index (χ4v) is 4.61. The monoisotopic (exact) mass is 433 g/mol. The fraction of sp³-hybridized carbons (Fsp3) is 0.200. The molecule has 9 heteroatoms. The number of halogens is 1. The molecule has 0 saturated carbocycles. The highest BCUT2D eigenvalue weighted by molar-refractivity contribution is 7.89. The van der Waals surface area contributed by atoms with Gasteiger partial charge >= 0.3 is 5.97 Å². The summed E-state index contributed by atoms with van der Waals surface area (Å²) < 4.78 is 26.8. The van der Waals surface area contributed by atoms with Gasteiger partial charge in [0, 0.05) is 13.1 Å². The molecule has 0 aliphatic heterocycles. The van der Waals surface area contributed by atoms with E-state index in [2.05, 4.69) is 9.97 Å². The second-order valence-electron chi connectivity index (χ2n) is 6.27. The number of rotatable bonds is 7. The Hall–Kier alpha value is -2.68. The number of benzene rings is 2. The average molecular weight is 434 g/mol. The predicted molar refractivity (Wildman–Crippen MR) is 113 cm³/mol. The highest BCUT2D eigenvalue weighted by atomic mass is 35.5. The number of nitrogens with zero attached hydrogens (tertiary/aromatic N) is 2. The van der Waals surface area contributed by atoms with E-state index in [0.717, 1.165) is 0 Å². The number of aromatic nitrogens is 2. The lowest BCUT2D eigenvalue weighted by atomic mass is 10.1. The quantitative estimate of drug-likeness (QED) is 0.585. The SMILES string of the molecule is CCN(CC)S(=O)(=O)c1ccc2nc(/C(Cl)=C/c3ccc(C(=O)O)cc3)[nH]c2c1. The summed E-state index contributed by atoms with van der Waals surface area (Å²) in [6, 6.07) is 11.0. The number of sulfonamides is 1. The number of hydrogen-bond donors (Lipinski definition) is 2. The summed E-state index contributed by atoms with van der Waals surface area (Å²) in [6.45, 7) is 4.36. The minimum Gasteiger partial charge on any atom is -0.478 e. The van der Waals surface area contributed by atoms with Crippen LogP contribution in [0.25, 0.3) is 22.1 Å². The Morgan fingerprint density at radius 3 is 2.41 bits per heavy atom. The molecule has 0 saturated heterocycles. The van der Waals surface area contributed by atoms with Gasteiger partial charge in [-0.25, -0.2) is 18.2 Å². The number of aromatic carboxylic acids is 1. The molecule has 0 atom stereocenters. The van der Waals surface area contributed by atoms with Gasteiger partial charge in [0.1, 0.15) is 5.82 Å². The molecular weight excluding hydrogens is 414 g/mol. The lowest BCUT2D eigenvalue weighted by molar-refractivity contribution is 0.0697. The largest absolute Gasteiger partial charge is 0.478 e. The number of imidazole rings is 1. The molecule has 0 radical (unpaired) electrons. The maximum absolute atomic E-state index is 12.7. The summed E-state index contributed by atoms with van der Waals surface area (Å²) in [4.78, 5) is 18.6. The zero-order valence-corrected chi connectivity index (χ0v) is 17.5. The van der Waals surface area contributed by atoms with Crippen LogP contribution in [0.2, 0.25) is 0 Å². The van der Waals surface area contributed by atoms with Crippen LogP contribution in [0.1, 0.15) is 35.6 Å². The lowest BCUT2D eigenvalue weighted by Gasteiger charge is -2.18. The first-order chi connectivity index (χ1) is 13.8. The van der Waals surface area contributed by atoms with E-state index < -0.39 is 16.0 Å². The smallest absolute Gasteiger partial charge is 0.335 e. The number of carbonyl (C=O) groups is 1. The number of carboxylic acid groups (broad SMARTS) is 1. The number of carboxylic acids is 1. The maximum Gasteiger partial charge on any atom is 0.335 e. The van der Waals surface area contributed by atoms with E-state index in [0.29, 0.717) is 40.5 Å². The van der Waals surface area contributed by atoms with Crippen LogP contribution in [-0.4, -0.2) is 46.9 Å². The molecule has 3 aromatic rings. The summed E-state index contributed by atoms with van der Waals surface area (Å²) in [5.74, 6) is -0.610. The first-order valence-corrected chi connectivity index (χ1v) is 10.8. The van der Waals surface area contributed by atoms with Gasteiger partial charge in [-0.2, -0.15) is 4.31 Å². The van der Waals surface area contributed by atoms with Crippen LogP contribution < -0.4 is 0 Å². The number of aromatic amines is 1. The average Bonchev–Trinajstić information content (AvgIpc) is 3.12. The van der Waals surface area contributed by atoms with Crippen LogP contribution in [0.4, 0.5) is 0 Å². The number of hydrogen-bond acceptors (Lipinski definition) is 4. The van der Waals surface area contributed by atoms with Crippen LogP contribution in [0.5, 0.6) is 0 Å². The molecule has 29 heavy (non-hydrogen) atoms. The van der Waals surface area contributed by atoms with Crippen LogP contribution in [0.3, 0.4) is 0 Å². The topological polar surface area (TPSA) is 103 Å². The highest BCUT2D eigenvalue weighted by Gasteiger charge is 2.22. The van der Waals surface area contributed by atoms with E-state index >= 15 is 0 Å². The molecular formula is C20H20ClN3O4S. The van der Waals surface area contributed by atoms with Crippen LogP contribution in [-0.2, 0) is 10.0 Å². The summed E-state index contributed by atoms with van der Waals surface area (Å²) in [5, 5.41) is 9.28. The van der Waals surface area contributed by atoms with Crippen molar-refractivity contribution in [2.45, 2.75) is 18.7 Å². The summed E-state index contributed by atoms with van der Waals surface area (Å²) in [7, 11) is -3.57. The zero-order valence-electron chi connectivity index (χ0n) is 15.9. The van der Waals surface area contributed by atoms with Crippen molar-refractivity contribution >= 4 is 49.7 Å². The Bertz CT molecular complexity index is 1180. The fourth-order valence-electron chi connectivity index (χ4n) is 2.91. The first kappa shape index (κ1) is 21.0. The molecule has 0 amide bonds. The van der Waals surface area contributed by atoms with Crippen molar-refractivity contribution < 1.29 is 18.3 Å². The molecule has 0 bridgehead atoms. The van der Waals surface area contributed by atoms with Crippen LogP contribution >= 0.6 is 11.6 Å². The van der Waals surface area contributed by atoms with Gasteiger partial charge in [-0.15, -0.1) is 0 Å². The third-order valence-corrected chi connectivity index (χ3v) is 6.81. The Kier molecular flexibility index (Phi) is 6.07. The second-order valence-corrected chi connectivity index (χ2v) is 8.62. The lowest BCUT2D eigenvalue weighted by Crippen LogP contribution is -2.30. The minimum atomic E-state index is -3.57. The zero-order chi connectivity index (χ0) is 21.2. The molecule has 0 aliphatic carbocycles. The van der Waals surface area contributed by atoms with E-state index in [4.69, 9.17) is 16.7 Å². The summed E-state index contributed by atoms with van der Waals surface area (Å²) >= 11 is 6.36. The minimum absolute atomic E-state index is 0.184. The third kappa shape index (κ3) is 4.34. The van der Waals surface area contributed by atoms with Gasteiger partial charge in [0.05, 0.1) is 26.5 Å². The molecule has 0 fully saturated rings. The van der Waals surface area contributed by atoms with E-state index in [1.165, 1.54) is 22.5 Å². The summed E-state index contributed by atoms with van der Waals surface area (Å²) in [5.41, 5.74) is 2.04. The second kappa shape index (κ2) is 8.36. The molecule has 1 aromatic heterocycles. The van der Waals surface area contributed by atoms with Crippen molar-refractivity contribution in [3.05, 3.63) is 59.4 Å². The predicted octanol–water partition coefficient (Wildman–Crippen LogP) is 4.03. The first-order valence-electron chi connectivity index (χ1n) is 8.97. The van der Waals surface area contributed by atoms with Crippen molar-refractivity contribution in [1.29, 1.82) is 0 Å². The Balaban J connectivity index is 1.94. The highest BCUT2D eigenvalue weighted by Crippen LogP contribution is 2.25. The van der Waals surface area contributed by atoms with Gasteiger partial charge in [-0.05, 0) is 42.0 Å².